The van der Waals surface area contributed by atoms with Crippen LogP contribution in [0.15, 0.2) is 23.2 Å². The third kappa shape index (κ3) is 5.80. The maximum Gasteiger partial charge on any atom is 0.465 e. The third-order valence-electron chi connectivity index (χ3n) is 4.70. The van der Waals surface area contributed by atoms with Gasteiger partial charge in [-0.05, 0) is 25.8 Å². The maximum atomic E-state index is 13.4. The zero-order valence-electron chi connectivity index (χ0n) is 17.7. The number of ketones is 1. The average Bonchev–Trinajstić information content (AvgIpc) is 3.55. The van der Waals surface area contributed by atoms with Crippen molar-refractivity contribution >= 4 is 23.7 Å². The second-order valence-corrected chi connectivity index (χ2v) is 7.45. The van der Waals surface area contributed by atoms with Crippen molar-refractivity contribution in [3.63, 3.8) is 0 Å². The van der Waals surface area contributed by atoms with E-state index in [2.05, 4.69) is 14.2 Å². The molecule has 1 fully saturated rings. The van der Waals surface area contributed by atoms with Crippen LogP contribution >= 0.6 is 0 Å². The fourth-order valence-electron chi connectivity index (χ4n) is 2.75. The Morgan fingerprint density at radius 2 is 1.39 bits per heavy atom. The van der Waals surface area contributed by atoms with Gasteiger partial charge in [-0.1, -0.05) is 0 Å². The minimum Gasteiger partial charge on any atom is -0.466 e. The fourth-order valence-corrected chi connectivity index (χ4v) is 2.75. The van der Waals surface area contributed by atoms with Crippen molar-refractivity contribution in [1.82, 2.24) is 0 Å². The van der Waals surface area contributed by atoms with Crippen LogP contribution in [0.1, 0.15) is 26.2 Å². The smallest absolute Gasteiger partial charge is 0.465 e. The van der Waals surface area contributed by atoms with Crippen LogP contribution in [-0.2, 0) is 33.4 Å². The molecule has 0 bridgehead atoms. The molecular formula is C19H14F10O7. The molecule has 0 aromatic rings. The van der Waals surface area contributed by atoms with Gasteiger partial charge in [0.05, 0.1) is 18.1 Å². The molecule has 2 rings (SSSR count). The van der Waals surface area contributed by atoms with E-state index in [0.29, 0.717) is 6.08 Å². The van der Waals surface area contributed by atoms with Gasteiger partial charge in [0.25, 0.3) is 0 Å². The molecule has 0 saturated heterocycles. The van der Waals surface area contributed by atoms with Crippen LogP contribution in [-0.4, -0.2) is 54.5 Å². The van der Waals surface area contributed by atoms with Gasteiger partial charge in [-0.15, -0.1) is 0 Å². The van der Waals surface area contributed by atoms with Gasteiger partial charge in [0, 0.05) is 12.3 Å². The van der Waals surface area contributed by atoms with Gasteiger partial charge in [0.1, 0.15) is 11.5 Å². The molecule has 0 amide bonds. The number of carbonyl (C=O) groups is 4. The van der Waals surface area contributed by atoms with E-state index in [1.807, 2.05) is 0 Å². The van der Waals surface area contributed by atoms with Gasteiger partial charge in [-0.3, -0.25) is 9.59 Å². The van der Waals surface area contributed by atoms with Crippen molar-refractivity contribution < 1.29 is 77.3 Å². The summed E-state index contributed by atoms with van der Waals surface area (Å²) < 4.78 is 141. The SMILES string of the molecule is CCOC(=O)C1C=C(OC(=O)C(F)(F)C(F)(F)F)/C(=C(/OC(=O)C(F)(F)C(F)(F)F)C2CC2)C(=O)C1. The van der Waals surface area contributed by atoms with Crippen LogP contribution in [0.2, 0.25) is 0 Å². The zero-order chi connectivity index (χ0) is 27.9. The van der Waals surface area contributed by atoms with Crippen LogP contribution in [0, 0.1) is 11.8 Å². The molecule has 17 heteroatoms. The van der Waals surface area contributed by atoms with Crippen LogP contribution in [0.5, 0.6) is 0 Å². The molecule has 0 N–H and O–H groups in total. The minimum absolute atomic E-state index is 0.0990. The first-order valence-electron chi connectivity index (χ1n) is 9.75. The number of Topliss-reactive ketones (excluding diaryl/α,β-unsaturated/α-hetero) is 1. The van der Waals surface area contributed by atoms with Gasteiger partial charge in [0.2, 0.25) is 0 Å². The Bertz CT molecular complexity index is 1000. The highest BCUT2D eigenvalue weighted by atomic mass is 19.4. The highest BCUT2D eigenvalue weighted by Crippen LogP contribution is 2.45. The standard InChI is InChI=1S/C19H14F10O7/c1-2-34-13(31)8-5-9(30)11(10(6-8)35-14(32)16(20,21)18(24,25)26)12(7-3-4-7)36-15(33)17(22,23)19(27,28)29/h6-8H,2-5H2,1H3/b12-11+. The molecule has 7 nitrogen and oxygen atoms in total. The van der Waals surface area contributed by atoms with Crippen LogP contribution in [0.25, 0.3) is 0 Å². The topological polar surface area (TPSA) is 96.0 Å². The Morgan fingerprint density at radius 1 is 0.889 bits per heavy atom. The van der Waals surface area contributed by atoms with Gasteiger partial charge >= 0.3 is 42.1 Å². The number of rotatable bonds is 7. The van der Waals surface area contributed by atoms with E-state index in [9.17, 15) is 63.1 Å². The van der Waals surface area contributed by atoms with Crippen LogP contribution in [0.3, 0.4) is 0 Å². The molecule has 0 aromatic heterocycles. The van der Waals surface area contributed by atoms with E-state index in [0.717, 1.165) is 0 Å². The molecule has 1 unspecified atom stereocenters. The summed E-state index contributed by atoms with van der Waals surface area (Å²) >= 11 is 0. The Balaban J connectivity index is 2.62. The lowest BCUT2D eigenvalue weighted by atomic mass is 9.88. The molecule has 2 aliphatic carbocycles. The van der Waals surface area contributed by atoms with Crippen molar-refractivity contribution in [2.45, 2.75) is 50.4 Å². The van der Waals surface area contributed by atoms with Crippen LogP contribution < -0.4 is 0 Å². The number of esters is 3. The summed E-state index contributed by atoms with van der Waals surface area (Å²) in [5, 5.41) is 0. The van der Waals surface area contributed by atoms with E-state index in [-0.39, 0.29) is 19.4 Å². The maximum absolute atomic E-state index is 13.4. The summed E-state index contributed by atoms with van der Waals surface area (Å²) in [5.74, 6) is -27.3. The van der Waals surface area contributed by atoms with Crippen molar-refractivity contribution in [1.29, 1.82) is 0 Å². The molecule has 0 aliphatic heterocycles. The third-order valence-corrected chi connectivity index (χ3v) is 4.70. The first-order chi connectivity index (χ1) is 16.3. The quantitative estimate of drug-likeness (QED) is 0.156. The molecular weight excluding hydrogens is 530 g/mol. The Hall–Kier alpha value is -3.14. The summed E-state index contributed by atoms with van der Waals surface area (Å²) in [6.45, 7) is 1.01. The first-order valence-corrected chi connectivity index (χ1v) is 9.75. The van der Waals surface area contributed by atoms with Crippen molar-refractivity contribution in [2.24, 2.45) is 11.8 Å². The summed E-state index contributed by atoms with van der Waals surface area (Å²) in [7, 11) is 0. The average molecular weight is 544 g/mol. The second-order valence-electron chi connectivity index (χ2n) is 7.45. The molecule has 36 heavy (non-hydrogen) atoms. The van der Waals surface area contributed by atoms with Crippen LogP contribution in [0.4, 0.5) is 43.9 Å². The number of halogens is 10. The summed E-state index contributed by atoms with van der Waals surface area (Å²) in [4.78, 5) is 47.8. The minimum atomic E-state index is -6.49. The zero-order valence-corrected chi connectivity index (χ0v) is 17.7. The molecule has 0 heterocycles. The number of allylic oxidation sites excluding steroid dienone is 2. The molecule has 1 saturated carbocycles. The Labute approximate surface area is 194 Å². The van der Waals surface area contributed by atoms with E-state index in [4.69, 9.17) is 0 Å². The molecule has 2 aliphatic rings. The number of hydrogen-bond acceptors (Lipinski definition) is 7. The predicted molar refractivity (Wildman–Crippen MR) is 91.8 cm³/mol. The summed E-state index contributed by atoms with van der Waals surface area (Å²) in [5.41, 5.74) is -1.32. The molecule has 1 atom stereocenters. The van der Waals surface area contributed by atoms with E-state index in [1.165, 1.54) is 6.92 Å². The second kappa shape index (κ2) is 9.72. The number of hydrogen-bond donors (Lipinski definition) is 0. The Kier molecular flexibility index (Phi) is 7.86. The van der Waals surface area contributed by atoms with Crippen molar-refractivity contribution in [3.05, 3.63) is 23.2 Å². The highest BCUT2D eigenvalue weighted by molar-refractivity contribution is 6.04. The summed E-state index contributed by atoms with van der Waals surface area (Å²) in [6.07, 6.45) is -13.7. The molecule has 0 spiro atoms. The van der Waals surface area contributed by atoms with E-state index >= 15 is 0 Å². The van der Waals surface area contributed by atoms with E-state index in [1.54, 1.807) is 0 Å². The van der Waals surface area contributed by atoms with Gasteiger partial charge in [-0.2, -0.15) is 43.9 Å². The molecule has 202 valence electrons. The van der Waals surface area contributed by atoms with Gasteiger partial charge < -0.3 is 14.2 Å². The van der Waals surface area contributed by atoms with Gasteiger partial charge in [0.15, 0.2) is 5.78 Å². The largest absolute Gasteiger partial charge is 0.466 e. The molecule has 0 radical (unpaired) electrons. The number of alkyl halides is 10. The lowest BCUT2D eigenvalue weighted by molar-refractivity contribution is -0.279. The number of ether oxygens (including phenoxy) is 3. The summed E-state index contributed by atoms with van der Waals surface area (Å²) in [6, 6.07) is 0. The first kappa shape index (κ1) is 29.1. The van der Waals surface area contributed by atoms with Gasteiger partial charge in [-0.25, -0.2) is 9.59 Å². The normalized spacial score (nSPS) is 20.9. The van der Waals surface area contributed by atoms with Crippen molar-refractivity contribution in [3.8, 4) is 0 Å². The van der Waals surface area contributed by atoms with Crippen molar-refractivity contribution in [2.75, 3.05) is 6.61 Å². The lowest BCUT2D eigenvalue weighted by Gasteiger charge is -2.26. The lowest BCUT2D eigenvalue weighted by Crippen LogP contribution is -2.46. The predicted octanol–water partition coefficient (Wildman–Crippen LogP) is 4.17. The highest BCUT2D eigenvalue weighted by Gasteiger charge is 2.66. The fraction of sp³-hybridized carbons (Fsp3) is 0.579. The Morgan fingerprint density at radius 3 is 1.83 bits per heavy atom. The molecule has 0 aromatic carbocycles. The monoisotopic (exact) mass is 544 g/mol. The number of carbonyl (C=O) groups excluding carboxylic acids is 4. The van der Waals surface area contributed by atoms with E-state index < -0.39 is 83.2 Å².